The maximum Gasteiger partial charge on any atom is 0.573 e. The van der Waals surface area contributed by atoms with E-state index in [-0.39, 0.29) is 18.1 Å². The van der Waals surface area contributed by atoms with Crippen LogP contribution in [-0.4, -0.2) is 16.1 Å². The van der Waals surface area contributed by atoms with Crippen LogP contribution >= 0.6 is 15.9 Å². The normalized spacial score (nSPS) is 11.4. The van der Waals surface area contributed by atoms with Crippen molar-refractivity contribution in [3.8, 4) is 11.5 Å². The van der Waals surface area contributed by atoms with Gasteiger partial charge in [0.2, 0.25) is 0 Å². The number of rotatable bonds is 4. The van der Waals surface area contributed by atoms with E-state index in [0.717, 1.165) is 0 Å². The summed E-state index contributed by atoms with van der Waals surface area (Å²) in [5.41, 5.74) is 0.701. The van der Waals surface area contributed by atoms with Gasteiger partial charge in [-0.1, -0.05) is 12.1 Å². The second-order valence-electron chi connectivity index (χ2n) is 3.85. The van der Waals surface area contributed by atoms with Crippen LogP contribution in [0.25, 0.3) is 0 Å². The molecule has 0 saturated carbocycles. The molecule has 2 rings (SSSR count). The molecule has 0 radical (unpaired) electrons. The van der Waals surface area contributed by atoms with Gasteiger partial charge in [0.05, 0.1) is 16.4 Å². The van der Waals surface area contributed by atoms with E-state index in [4.69, 9.17) is 4.74 Å². The summed E-state index contributed by atoms with van der Waals surface area (Å²) < 4.78 is 48.4. The summed E-state index contributed by atoms with van der Waals surface area (Å²) >= 11 is 3.28. The molecule has 1 heterocycles. The summed E-state index contributed by atoms with van der Waals surface area (Å²) in [4.78, 5) is 0. The van der Waals surface area contributed by atoms with Gasteiger partial charge < -0.3 is 9.47 Å². The number of halogens is 4. The Morgan fingerprint density at radius 3 is 2.45 bits per heavy atom. The summed E-state index contributed by atoms with van der Waals surface area (Å²) in [5.74, 6) is -0.365. The van der Waals surface area contributed by atoms with Gasteiger partial charge in [0, 0.05) is 7.05 Å². The highest BCUT2D eigenvalue weighted by Crippen LogP contribution is 2.32. The molecule has 1 aromatic heterocycles. The molecule has 0 aliphatic rings. The van der Waals surface area contributed by atoms with Crippen molar-refractivity contribution in [3.63, 3.8) is 0 Å². The first-order valence-electron chi connectivity index (χ1n) is 5.51. The van der Waals surface area contributed by atoms with E-state index in [0.29, 0.717) is 10.2 Å². The summed E-state index contributed by atoms with van der Waals surface area (Å²) in [7, 11) is 1.71. The molecular weight excluding hydrogens is 341 g/mol. The average Bonchev–Trinajstić information content (AvgIpc) is 2.66. The summed E-state index contributed by atoms with van der Waals surface area (Å²) in [6.07, 6.45) is -3.18. The zero-order chi connectivity index (χ0) is 14.8. The van der Waals surface area contributed by atoms with Crippen molar-refractivity contribution < 1.29 is 22.6 Å². The van der Waals surface area contributed by atoms with Gasteiger partial charge in [-0.2, -0.15) is 5.10 Å². The number of aryl methyl sites for hydroxylation is 1. The molecule has 0 unspecified atom stereocenters. The minimum atomic E-state index is -4.76. The van der Waals surface area contributed by atoms with E-state index in [2.05, 4.69) is 25.8 Å². The lowest BCUT2D eigenvalue weighted by atomic mass is 10.3. The van der Waals surface area contributed by atoms with Crippen molar-refractivity contribution in [2.45, 2.75) is 13.0 Å². The topological polar surface area (TPSA) is 36.3 Å². The SMILES string of the molecule is Cn1ncc(Br)c1COc1ccccc1OC(F)(F)F. The van der Waals surface area contributed by atoms with Gasteiger partial charge in [-0.15, -0.1) is 13.2 Å². The Morgan fingerprint density at radius 2 is 1.90 bits per heavy atom. The molecule has 0 bridgehead atoms. The van der Waals surface area contributed by atoms with Crippen LogP contribution in [0.1, 0.15) is 5.69 Å². The highest BCUT2D eigenvalue weighted by molar-refractivity contribution is 9.10. The number of hydrogen-bond donors (Lipinski definition) is 0. The van der Waals surface area contributed by atoms with E-state index in [9.17, 15) is 13.2 Å². The van der Waals surface area contributed by atoms with Gasteiger partial charge in [-0.3, -0.25) is 4.68 Å². The molecule has 0 saturated heterocycles. The maximum atomic E-state index is 12.3. The lowest BCUT2D eigenvalue weighted by Crippen LogP contribution is -2.17. The largest absolute Gasteiger partial charge is 0.573 e. The molecule has 0 spiro atoms. The first kappa shape index (κ1) is 14.7. The number of aromatic nitrogens is 2. The maximum absolute atomic E-state index is 12.3. The quantitative estimate of drug-likeness (QED) is 0.844. The molecular formula is C12H10BrF3N2O2. The van der Waals surface area contributed by atoms with Crippen molar-refractivity contribution in [3.05, 3.63) is 40.6 Å². The number of nitrogens with zero attached hydrogens (tertiary/aromatic N) is 2. The number of hydrogen-bond acceptors (Lipinski definition) is 3. The molecule has 0 atom stereocenters. The van der Waals surface area contributed by atoms with Crippen LogP contribution < -0.4 is 9.47 Å². The van der Waals surface area contributed by atoms with E-state index in [1.807, 2.05) is 0 Å². The fraction of sp³-hybridized carbons (Fsp3) is 0.250. The van der Waals surface area contributed by atoms with Crippen LogP contribution in [0.15, 0.2) is 34.9 Å². The smallest absolute Gasteiger partial charge is 0.483 e. The predicted molar refractivity (Wildman–Crippen MR) is 68.4 cm³/mol. The third-order valence-electron chi connectivity index (χ3n) is 2.45. The Hall–Kier alpha value is -1.70. The van der Waals surface area contributed by atoms with Crippen LogP contribution in [0.4, 0.5) is 13.2 Å². The fourth-order valence-corrected chi connectivity index (χ4v) is 1.99. The molecule has 0 amide bonds. The van der Waals surface area contributed by atoms with Crippen LogP contribution in [0.5, 0.6) is 11.5 Å². The zero-order valence-electron chi connectivity index (χ0n) is 10.3. The highest BCUT2D eigenvalue weighted by atomic mass is 79.9. The van der Waals surface area contributed by atoms with Crippen LogP contribution in [0.3, 0.4) is 0 Å². The fourth-order valence-electron chi connectivity index (χ4n) is 1.52. The predicted octanol–water partition coefficient (Wildman–Crippen LogP) is 3.66. The average molecular weight is 351 g/mol. The second kappa shape index (κ2) is 5.74. The molecule has 0 aliphatic heterocycles. The van der Waals surface area contributed by atoms with Gasteiger partial charge in [-0.05, 0) is 28.1 Å². The van der Waals surface area contributed by atoms with Crippen molar-refractivity contribution in [2.75, 3.05) is 0 Å². The van der Waals surface area contributed by atoms with Gasteiger partial charge >= 0.3 is 6.36 Å². The van der Waals surface area contributed by atoms with E-state index in [1.165, 1.54) is 18.2 Å². The molecule has 8 heteroatoms. The molecule has 108 valence electrons. The molecule has 1 aromatic carbocycles. The number of para-hydroxylation sites is 2. The van der Waals surface area contributed by atoms with Crippen molar-refractivity contribution in [2.24, 2.45) is 7.05 Å². The van der Waals surface area contributed by atoms with Crippen molar-refractivity contribution in [1.82, 2.24) is 9.78 Å². The summed E-state index contributed by atoms with van der Waals surface area (Å²) in [6.45, 7) is 0.0648. The van der Waals surface area contributed by atoms with Gasteiger partial charge in [0.1, 0.15) is 6.61 Å². The summed E-state index contributed by atoms with van der Waals surface area (Å²) in [5, 5.41) is 3.99. The number of alkyl halides is 3. The minimum absolute atomic E-state index is 0.0120. The van der Waals surface area contributed by atoms with Gasteiger partial charge in [0.15, 0.2) is 11.5 Å². The van der Waals surface area contributed by atoms with Crippen molar-refractivity contribution >= 4 is 15.9 Å². The Labute approximate surface area is 121 Å². The molecule has 20 heavy (non-hydrogen) atoms. The lowest BCUT2D eigenvalue weighted by molar-refractivity contribution is -0.275. The standard InChI is InChI=1S/C12H10BrF3N2O2/c1-18-9(8(13)6-17-18)7-19-10-4-2-3-5-11(10)20-12(14,15)16/h2-6H,7H2,1H3. The number of benzene rings is 1. The number of ether oxygens (including phenoxy) is 2. The Kier molecular flexibility index (Phi) is 4.22. The Morgan fingerprint density at radius 1 is 1.25 bits per heavy atom. The summed E-state index contributed by atoms with van der Waals surface area (Å²) in [6, 6.07) is 5.61. The zero-order valence-corrected chi connectivity index (χ0v) is 11.9. The highest BCUT2D eigenvalue weighted by Gasteiger charge is 2.32. The molecule has 0 fully saturated rings. The molecule has 0 N–H and O–H groups in total. The van der Waals surface area contributed by atoms with Gasteiger partial charge in [0.25, 0.3) is 0 Å². The van der Waals surface area contributed by atoms with Crippen LogP contribution in [0.2, 0.25) is 0 Å². The molecule has 0 aliphatic carbocycles. The monoisotopic (exact) mass is 350 g/mol. The van der Waals surface area contributed by atoms with Crippen LogP contribution in [-0.2, 0) is 13.7 Å². The first-order valence-corrected chi connectivity index (χ1v) is 6.30. The third kappa shape index (κ3) is 3.66. The minimum Gasteiger partial charge on any atom is -0.483 e. The van der Waals surface area contributed by atoms with E-state index in [1.54, 1.807) is 24.0 Å². The first-order chi connectivity index (χ1) is 9.37. The van der Waals surface area contributed by atoms with E-state index < -0.39 is 6.36 Å². The van der Waals surface area contributed by atoms with Crippen molar-refractivity contribution in [1.29, 1.82) is 0 Å². The van der Waals surface area contributed by atoms with Gasteiger partial charge in [-0.25, -0.2) is 0 Å². The lowest BCUT2D eigenvalue weighted by Gasteiger charge is -2.14. The third-order valence-corrected chi connectivity index (χ3v) is 3.11. The van der Waals surface area contributed by atoms with E-state index >= 15 is 0 Å². The second-order valence-corrected chi connectivity index (χ2v) is 4.70. The Balaban J connectivity index is 2.14. The Bertz CT molecular complexity index is 579. The van der Waals surface area contributed by atoms with Crippen LogP contribution in [0, 0.1) is 0 Å². The molecule has 4 nitrogen and oxygen atoms in total. The molecule has 2 aromatic rings.